The standard InChI is InChI=1S/C11H15ClO3/c1-13-11(14-2)8-15-7-9-5-3-4-6-10(9)12/h3-6,11H,7-8H2,1-2H3. The third-order valence-corrected chi connectivity index (χ3v) is 2.36. The molecular weight excluding hydrogens is 216 g/mol. The van der Waals surface area contributed by atoms with E-state index in [0.29, 0.717) is 18.2 Å². The molecule has 0 fully saturated rings. The van der Waals surface area contributed by atoms with Crippen LogP contribution in [0.1, 0.15) is 5.56 Å². The fourth-order valence-electron chi connectivity index (χ4n) is 1.11. The van der Waals surface area contributed by atoms with Gasteiger partial charge >= 0.3 is 0 Å². The molecule has 15 heavy (non-hydrogen) atoms. The highest BCUT2D eigenvalue weighted by atomic mass is 35.5. The highest BCUT2D eigenvalue weighted by Gasteiger charge is 2.05. The van der Waals surface area contributed by atoms with E-state index in [1.807, 2.05) is 24.3 Å². The molecule has 0 aliphatic carbocycles. The molecule has 0 unspecified atom stereocenters. The summed E-state index contributed by atoms with van der Waals surface area (Å²) in [5, 5.41) is 0.712. The number of benzene rings is 1. The van der Waals surface area contributed by atoms with Gasteiger partial charge in [0.15, 0.2) is 6.29 Å². The van der Waals surface area contributed by atoms with E-state index >= 15 is 0 Å². The van der Waals surface area contributed by atoms with Gasteiger partial charge in [-0.3, -0.25) is 0 Å². The Morgan fingerprint density at radius 3 is 2.47 bits per heavy atom. The van der Waals surface area contributed by atoms with E-state index in [4.69, 9.17) is 25.8 Å². The van der Waals surface area contributed by atoms with Crippen molar-refractivity contribution in [1.29, 1.82) is 0 Å². The molecule has 0 saturated heterocycles. The lowest BCUT2D eigenvalue weighted by atomic mass is 10.2. The van der Waals surface area contributed by atoms with Crippen LogP contribution < -0.4 is 0 Å². The second kappa shape index (κ2) is 6.80. The van der Waals surface area contributed by atoms with Crippen LogP contribution in [0.5, 0.6) is 0 Å². The van der Waals surface area contributed by atoms with Crippen LogP contribution in [-0.2, 0) is 20.8 Å². The van der Waals surface area contributed by atoms with Crippen molar-refractivity contribution in [3.63, 3.8) is 0 Å². The summed E-state index contributed by atoms with van der Waals surface area (Å²) < 4.78 is 15.4. The van der Waals surface area contributed by atoms with Gasteiger partial charge in [-0.2, -0.15) is 0 Å². The van der Waals surface area contributed by atoms with E-state index in [-0.39, 0.29) is 6.29 Å². The number of hydrogen-bond donors (Lipinski definition) is 0. The molecule has 1 aromatic rings. The van der Waals surface area contributed by atoms with Gasteiger partial charge in [-0.25, -0.2) is 0 Å². The fourth-order valence-corrected chi connectivity index (χ4v) is 1.30. The molecule has 0 amide bonds. The Balaban J connectivity index is 2.34. The van der Waals surface area contributed by atoms with E-state index in [1.54, 1.807) is 14.2 Å². The molecule has 0 radical (unpaired) electrons. The SMILES string of the molecule is COC(COCc1ccccc1Cl)OC. The Morgan fingerprint density at radius 2 is 1.87 bits per heavy atom. The van der Waals surface area contributed by atoms with Gasteiger partial charge in [0.05, 0.1) is 13.2 Å². The first-order chi connectivity index (χ1) is 7.27. The van der Waals surface area contributed by atoms with Gasteiger partial charge in [0, 0.05) is 19.2 Å². The Labute approximate surface area is 94.9 Å². The minimum absolute atomic E-state index is 0.326. The second-order valence-electron chi connectivity index (χ2n) is 3.01. The van der Waals surface area contributed by atoms with Crippen molar-refractivity contribution < 1.29 is 14.2 Å². The summed E-state index contributed by atoms with van der Waals surface area (Å²) >= 11 is 5.96. The summed E-state index contributed by atoms with van der Waals surface area (Å²) in [6.07, 6.45) is -0.326. The van der Waals surface area contributed by atoms with Crippen LogP contribution in [0.15, 0.2) is 24.3 Å². The lowest BCUT2D eigenvalue weighted by Gasteiger charge is -2.13. The van der Waals surface area contributed by atoms with Crippen LogP contribution in [-0.4, -0.2) is 27.1 Å². The van der Waals surface area contributed by atoms with Crippen molar-refractivity contribution in [3.8, 4) is 0 Å². The second-order valence-corrected chi connectivity index (χ2v) is 3.41. The maximum absolute atomic E-state index is 5.96. The van der Waals surface area contributed by atoms with E-state index in [9.17, 15) is 0 Å². The van der Waals surface area contributed by atoms with Crippen molar-refractivity contribution >= 4 is 11.6 Å². The Morgan fingerprint density at radius 1 is 1.20 bits per heavy atom. The van der Waals surface area contributed by atoms with Gasteiger partial charge in [0.1, 0.15) is 0 Å². The molecule has 0 bridgehead atoms. The predicted octanol–water partition coefficient (Wildman–Crippen LogP) is 2.48. The highest BCUT2D eigenvalue weighted by molar-refractivity contribution is 6.31. The molecule has 0 atom stereocenters. The van der Waals surface area contributed by atoms with Crippen LogP contribution in [0.4, 0.5) is 0 Å². The van der Waals surface area contributed by atoms with Crippen molar-refractivity contribution in [2.75, 3.05) is 20.8 Å². The van der Waals surface area contributed by atoms with Crippen molar-refractivity contribution in [3.05, 3.63) is 34.9 Å². The maximum atomic E-state index is 5.96. The average molecular weight is 231 g/mol. The molecule has 0 N–H and O–H groups in total. The van der Waals surface area contributed by atoms with Gasteiger partial charge in [0.2, 0.25) is 0 Å². The molecule has 0 heterocycles. The fraction of sp³-hybridized carbons (Fsp3) is 0.455. The predicted molar refractivity (Wildman–Crippen MR) is 58.9 cm³/mol. The van der Waals surface area contributed by atoms with Gasteiger partial charge in [-0.05, 0) is 11.6 Å². The van der Waals surface area contributed by atoms with E-state index in [2.05, 4.69) is 0 Å². The Bertz CT molecular complexity index is 287. The zero-order valence-electron chi connectivity index (χ0n) is 8.90. The molecule has 1 aromatic carbocycles. The maximum Gasteiger partial charge on any atom is 0.180 e. The number of hydrogen-bond acceptors (Lipinski definition) is 3. The quantitative estimate of drug-likeness (QED) is 0.703. The van der Waals surface area contributed by atoms with Gasteiger partial charge in [-0.15, -0.1) is 0 Å². The molecule has 1 rings (SSSR count). The monoisotopic (exact) mass is 230 g/mol. The molecule has 84 valence electrons. The van der Waals surface area contributed by atoms with Crippen LogP contribution in [0, 0.1) is 0 Å². The van der Waals surface area contributed by atoms with Crippen molar-refractivity contribution in [2.45, 2.75) is 12.9 Å². The normalized spacial score (nSPS) is 10.9. The summed E-state index contributed by atoms with van der Waals surface area (Å²) in [5.41, 5.74) is 0.963. The average Bonchev–Trinajstić information content (AvgIpc) is 2.27. The molecule has 0 aliphatic rings. The Hall–Kier alpha value is -0.610. The van der Waals surface area contributed by atoms with Crippen LogP contribution in [0.25, 0.3) is 0 Å². The van der Waals surface area contributed by atoms with Crippen molar-refractivity contribution in [1.82, 2.24) is 0 Å². The molecule has 0 aliphatic heterocycles. The third-order valence-electron chi connectivity index (χ3n) is 2.00. The number of methoxy groups -OCH3 is 2. The molecule has 3 nitrogen and oxygen atoms in total. The minimum atomic E-state index is -0.326. The number of ether oxygens (including phenoxy) is 3. The first-order valence-corrected chi connectivity index (χ1v) is 5.02. The summed E-state index contributed by atoms with van der Waals surface area (Å²) in [5.74, 6) is 0. The van der Waals surface area contributed by atoms with Crippen LogP contribution >= 0.6 is 11.6 Å². The van der Waals surface area contributed by atoms with Gasteiger partial charge in [0.25, 0.3) is 0 Å². The van der Waals surface area contributed by atoms with Gasteiger partial charge in [-0.1, -0.05) is 29.8 Å². The van der Waals surface area contributed by atoms with E-state index in [1.165, 1.54) is 0 Å². The number of rotatable bonds is 6. The summed E-state index contributed by atoms with van der Waals surface area (Å²) in [4.78, 5) is 0. The van der Waals surface area contributed by atoms with Gasteiger partial charge < -0.3 is 14.2 Å². The third kappa shape index (κ3) is 4.18. The first-order valence-electron chi connectivity index (χ1n) is 4.64. The number of halogens is 1. The topological polar surface area (TPSA) is 27.7 Å². The smallest absolute Gasteiger partial charge is 0.180 e. The van der Waals surface area contributed by atoms with Crippen LogP contribution in [0.3, 0.4) is 0 Å². The largest absolute Gasteiger partial charge is 0.371 e. The lowest BCUT2D eigenvalue weighted by Crippen LogP contribution is -2.20. The van der Waals surface area contributed by atoms with E-state index < -0.39 is 0 Å². The first kappa shape index (κ1) is 12.5. The Kier molecular flexibility index (Phi) is 5.65. The zero-order chi connectivity index (χ0) is 11.1. The molecule has 0 spiro atoms. The summed E-state index contributed by atoms with van der Waals surface area (Å²) in [6.45, 7) is 0.848. The minimum Gasteiger partial charge on any atom is -0.371 e. The highest BCUT2D eigenvalue weighted by Crippen LogP contribution is 2.15. The molecule has 0 aromatic heterocycles. The van der Waals surface area contributed by atoms with E-state index in [0.717, 1.165) is 5.56 Å². The lowest BCUT2D eigenvalue weighted by molar-refractivity contribution is -0.142. The molecule has 0 saturated carbocycles. The summed E-state index contributed by atoms with van der Waals surface area (Å²) in [6, 6.07) is 7.58. The van der Waals surface area contributed by atoms with Crippen LogP contribution in [0.2, 0.25) is 5.02 Å². The molecule has 4 heteroatoms. The molecular formula is C11H15ClO3. The zero-order valence-corrected chi connectivity index (χ0v) is 9.66. The van der Waals surface area contributed by atoms with Crippen molar-refractivity contribution in [2.24, 2.45) is 0 Å². The summed E-state index contributed by atoms with van der Waals surface area (Å²) in [7, 11) is 3.15.